The summed E-state index contributed by atoms with van der Waals surface area (Å²) >= 11 is 0. The van der Waals surface area contributed by atoms with Gasteiger partial charge in [-0.3, -0.25) is 0 Å². The van der Waals surface area contributed by atoms with E-state index in [0.717, 1.165) is 0 Å². The van der Waals surface area contributed by atoms with Gasteiger partial charge in [-0.1, -0.05) is 0 Å². The van der Waals surface area contributed by atoms with Crippen molar-refractivity contribution in [3.63, 3.8) is 0 Å². The van der Waals surface area contributed by atoms with Crippen molar-refractivity contribution in [2.45, 2.75) is 0 Å². The van der Waals surface area contributed by atoms with E-state index in [4.69, 9.17) is 0 Å². The van der Waals surface area contributed by atoms with Crippen molar-refractivity contribution >= 4 is 99.2 Å². The van der Waals surface area contributed by atoms with Crippen LogP contribution >= 0.6 is 13.5 Å². The minimum absolute atomic E-state index is 0. The Bertz CT molecular complexity index is 8.00. The summed E-state index contributed by atoms with van der Waals surface area (Å²) in [5, 5.41) is 0. The molecule has 0 heterocycles. The van der Waals surface area contributed by atoms with Gasteiger partial charge in [-0.15, -0.1) is 0 Å². The quantitative estimate of drug-likeness (QED) is 0.529. The van der Waals surface area contributed by atoms with Gasteiger partial charge in [-0.25, -0.2) is 0 Å². The smallest absolute Gasteiger partial charge is 0 e. The molecule has 0 amide bonds. The number of hydrogen-bond acceptors (Lipinski definition) is 0. The van der Waals surface area contributed by atoms with Crippen LogP contribution in [-0.2, 0) is 0 Å². The number of rotatable bonds is 0. The maximum atomic E-state index is 0. The van der Waals surface area contributed by atoms with Crippen molar-refractivity contribution < 1.29 is 0 Å². The molecule has 0 bridgehead atoms. The zero-order valence-corrected chi connectivity index (χ0v) is 11.5. The van der Waals surface area contributed by atoms with Gasteiger partial charge in [0.05, 0.1) is 0 Å². The zero-order chi connectivity index (χ0) is 0. The Morgan fingerprint density at radius 2 is 1.00 bits per heavy atom. The first-order valence-electron chi connectivity index (χ1n) is 0. The standard InChI is InChI=1S/Ba.Ga.S.Se. The molecular formula is BaGaSSe. The molecule has 0 aliphatic rings. The largest absolute Gasteiger partial charge is 0 e. The van der Waals surface area contributed by atoms with E-state index in [1.54, 1.807) is 0 Å². The molecule has 0 nitrogen and oxygen atoms in total. The molecule has 0 aliphatic carbocycles. The molecular weight excluding hydrogens is 318 g/mol. The van der Waals surface area contributed by atoms with Crippen molar-refractivity contribution in [1.29, 1.82) is 0 Å². The summed E-state index contributed by atoms with van der Waals surface area (Å²) in [5.41, 5.74) is 0. The molecule has 0 saturated heterocycles. The van der Waals surface area contributed by atoms with Crippen LogP contribution in [0.2, 0.25) is 0 Å². The molecule has 0 rings (SSSR count). The predicted octanol–water partition coefficient (Wildman–Crippen LogP) is -0.494. The molecule has 0 spiro atoms. The fourth-order valence-electron chi connectivity index (χ4n) is 0. The minimum Gasteiger partial charge on any atom is 0 e. The Labute approximate surface area is 96.9 Å². The third-order valence-corrected chi connectivity index (χ3v) is 0. The van der Waals surface area contributed by atoms with E-state index < -0.39 is 0 Å². The van der Waals surface area contributed by atoms with Crippen LogP contribution in [0.25, 0.3) is 0 Å². The topological polar surface area (TPSA) is 0 Å². The first-order chi connectivity index (χ1) is 0. The van der Waals surface area contributed by atoms with Crippen LogP contribution in [0.4, 0.5) is 0 Å². The van der Waals surface area contributed by atoms with E-state index >= 15 is 0 Å². The SMILES string of the molecule is [Ba].[Ga].[S].[Se]. The Balaban J connectivity index is 0. The molecule has 0 fully saturated rings. The van der Waals surface area contributed by atoms with Gasteiger partial charge in [0.15, 0.2) is 0 Å². The summed E-state index contributed by atoms with van der Waals surface area (Å²) in [7, 11) is 0. The third-order valence-electron chi connectivity index (χ3n) is 0. The molecule has 0 aromatic heterocycles. The van der Waals surface area contributed by atoms with Gasteiger partial charge in [0.2, 0.25) is 0 Å². The van der Waals surface area contributed by atoms with E-state index in [1.165, 1.54) is 0 Å². The van der Waals surface area contributed by atoms with Gasteiger partial charge >= 0.3 is 0 Å². The molecule has 9 radical (unpaired) electrons. The van der Waals surface area contributed by atoms with E-state index in [9.17, 15) is 0 Å². The summed E-state index contributed by atoms with van der Waals surface area (Å²) in [6.07, 6.45) is 0. The molecule has 0 aliphatic heterocycles. The summed E-state index contributed by atoms with van der Waals surface area (Å²) in [6.45, 7) is 0. The van der Waals surface area contributed by atoms with E-state index in [1.807, 2.05) is 0 Å². The summed E-state index contributed by atoms with van der Waals surface area (Å²) in [5.74, 6) is 0. The van der Waals surface area contributed by atoms with Crippen molar-refractivity contribution in [2.24, 2.45) is 0 Å². The molecule has 0 aromatic carbocycles. The molecule has 0 unspecified atom stereocenters. The first kappa shape index (κ1) is 27.6. The number of hydrogen-bond donors (Lipinski definition) is 0. The average molecular weight is 318 g/mol. The van der Waals surface area contributed by atoms with Crippen LogP contribution in [0, 0.1) is 0 Å². The van der Waals surface area contributed by atoms with Crippen LogP contribution in [0.3, 0.4) is 0 Å². The van der Waals surface area contributed by atoms with Crippen molar-refractivity contribution in [3.8, 4) is 0 Å². The van der Waals surface area contributed by atoms with Crippen molar-refractivity contribution in [3.05, 3.63) is 0 Å². The van der Waals surface area contributed by atoms with Gasteiger partial charge in [0, 0.05) is 99.2 Å². The molecule has 4 heteroatoms. The Morgan fingerprint density at radius 1 is 1.00 bits per heavy atom. The summed E-state index contributed by atoms with van der Waals surface area (Å²) < 4.78 is 0. The second kappa shape index (κ2) is 16.5. The first-order valence-corrected chi connectivity index (χ1v) is 0. The summed E-state index contributed by atoms with van der Waals surface area (Å²) in [6, 6.07) is 0. The Kier molecular flexibility index (Phi) is 114. The fraction of sp³-hybridized carbons (Fsp3) is 0. The van der Waals surface area contributed by atoms with Gasteiger partial charge < -0.3 is 0 Å². The Morgan fingerprint density at radius 3 is 1.00 bits per heavy atom. The van der Waals surface area contributed by atoms with Crippen molar-refractivity contribution in [1.82, 2.24) is 0 Å². The second-order valence-electron chi connectivity index (χ2n) is 0. The van der Waals surface area contributed by atoms with Crippen LogP contribution in [0.1, 0.15) is 0 Å². The molecule has 0 saturated carbocycles. The van der Waals surface area contributed by atoms with E-state index in [-0.39, 0.29) is 99.2 Å². The maximum absolute atomic E-state index is 0. The predicted molar refractivity (Wildman–Crippen MR) is 24.9 cm³/mol. The van der Waals surface area contributed by atoms with Gasteiger partial charge in [-0.05, 0) is 0 Å². The van der Waals surface area contributed by atoms with Gasteiger partial charge in [-0.2, -0.15) is 0 Å². The third kappa shape index (κ3) is 8.91. The second-order valence-corrected chi connectivity index (χ2v) is 0. The molecule has 0 aromatic rings. The van der Waals surface area contributed by atoms with Gasteiger partial charge in [0.25, 0.3) is 0 Å². The van der Waals surface area contributed by atoms with Gasteiger partial charge in [0.1, 0.15) is 0 Å². The maximum Gasteiger partial charge on any atom is 0 e. The van der Waals surface area contributed by atoms with Crippen LogP contribution < -0.4 is 0 Å². The van der Waals surface area contributed by atoms with Crippen LogP contribution in [-0.4, -0.2) is 85.7 Å². The van der Waals surface area contributed by atoms with Crippen LogP contribution in [0.5, 0.6) is 0 Å². The van der Waals surface area contributed by atoms with E-state index in [2.05, 4.69) is 0 Å². The zero-order valence-electron chi connectivity index (χ0n) is 2.10. The van der Waals surface area contributed by atoms with E-state index in [0.29, 0.717) is 0 Å². The molecule has 0 atom stereocenters. The fourth-order valence-corrected chi connectivity index (χ4v) is 0. The molecule has 4 heavy (non-hydrogen) atoms. The molecule has 0 N–H and O–H groups in total. The summed E-state index contributed by atoms with van der Waals surface area (Å²) in [4.78, 5) is 0. The Hall–Kier alpha value is 3.08. The van der Waals surface area contributed by atoms with Crippen molar-refractivity contribution in [2.75, 3.05) is 0 Å². The monoisotopic (exact) mass is 319 g/mol. The minimum atomic E-state index is 0. The molecule has 17 valence electrons. The van der Waals surface area contributed by atoms with Crippen LogP contribution in [0.15, 0.2) is 0 Å². The normalized spacial score (nSPS) is 0. The average Bonchev–Trinajstić information content (AvgIpc) is 0.